The molecule has 0 unspecified atom stereocenters. The van der Waals surface area contributed by atoms with Gasteiger partial charge in [0.05, 0.1) is 11.5 Å². The largest absolute Gasteiger partial charge is 0.461 e. The van der Waals surface area contributed by atoms with Gasteiger partial charge in [-0.15, -0.1) is 28.1 Å². The van der Waals surface area contributed by atoms with Crippen LogP contribution in [0.15, 0.2) is 30.2 Å². The van der Waals surface area contributed by atoms with Crippen molar-refractivity contribution in [1.29, 1.82) is 0 Å². The number of thiophene rings is 1. The summed E-state index contributed by atoms with van der Waals surface area (Å²) < 4.78 is 4.93. The van der Waals surface area contributed by atoms with Gasteiger partial charge in [0.2, 0.25) is 5.69 Å². The van der Waals surface area contributed by atoms with E-state index in [1.165, 1.54) is 11.3 Å². The Hall–Kier alpha value is -2.28. The summed E-state index contributed by atoms with van der Waals surface area (Å²) >= 11 is 1.50. The van der Waals surface area contributed by atoms with E-state index in [1.807, 2.05) is 17.5 Å². The van der Waals surface area contributed by atoms with Gasteiger partial charge in [-0.05, 0) is 18.4 Å². The lowest BCUT2D eigenvalue weighted by molar-refractivity contribution is 0.0519. The standard InChI is InChI=1S/C13H14N4O2S/c1-3-7-14-12-10(13(18)19-4-2)16-17-11(15-12)9-6-5-8-20-9/h3,5-6,8H,1,4,7H2,2H3,(H,14,15,17). The minimum absolute atomic E-state index is 0.0778. The second-order valence-corrected chi connectivity index (χ2v) is 4.65. The molecule has 0 saturated heterocycles. The average molecular weight is 290 g/mol. The van der Waals surface area contributed by atoms with Crippen LogP contribution in [0, 0.1) is 0 Å². The Morgan fingerprint density at radius 2 is 2.40 bits per heavy atom. The Labute approximate surface area is 120 Å². The summed E-state index contributed by atoms with van der Waals surface area (Å²) in [4.78, 5) is 17.0. The summed E-state index contributed by atoms with van der Waals surface area (Å²) in [5.41, 5.74) is 0.0778. The zero-order valence-corrected chi connectivity index (χ0v) is 11.8. The van der Waals surface area contributed by atoms with Crippen LogP contribution in [0.5, 0.6) is 0 Å². The van der Waals surface area contributed by atoms with Gasteiger partial charge in [0, 0.05) is 6.54 Å². The predicted molar refractivity (Wildman–Crippen MR) is 77.8 cm³/mol. The minimum Gasteiger partial charge on any atom is -0.461 e. The number of carbonyl (C=O) groups is 1. The predicted octanol–water partition coefficient (Wildman–Crippen LogP) is 2.37. The van der Waals surface area contributed by atoms with Crippen molar-refractivity contribution in [2.45, 2.75) is 6.92 Å². The van der Waals surface area contributed by atoms with E-state index in [9.17, 15) is 4.79 Å². The van der Waals surface area contributed by atoms with Crippen LogP contribution in [0.1, 0.15) is 17.4 Å². The van der Waals surface area contributed by atoms with Gasteiger partial charge in [-0.2, -0.15) is 0 Å². The fourth-order valence-electron chi connectivity index (χ4n) is 1.47. The first-order valence-electron chi connectivity index (χ1n) is 6.06. The van der Waals surface area contributed by atoms with Gasteiger partial charge in [-0.25, -0.2) is 9.78 Å². The molecule has 0 atom stereocenters. The molecular formula is C13H14N4O2S. The van der Waals surface area contributed by atoms with E-state index in [-0.39, 0.29) is 12.3 Å². The van der Waals surface area contributed by atoms with E-state index in [2.05, 4.69) is 27.1 Å². The first-order valence-corrected chi connectivity index (χ1v) is 6.94. The molecule has 2 heterocycles. The maximum absolute atomic E-state index is 11.8. The summed E-state index contributed by atoms with van der Waals surface area (Å²) in [5, 5.41) is 12.8. The van der Waals surface area contributed by atoms with Gasteiger partial charge in [0.1, 0.15) is 0 Å². The van der Waals surface area contributed by atoms with Crippen molar-refractivity contribution in [1.82, 2.24) is 15.2 Å². The van der Waals surface area contributed by atoms with E-state index >= 15 is 0 Å². The quantitative estimate of drug-likeness (QED) is 0.650. The van der Waals surface area contributed by atoms with Gasteiger partial charge in [0.15, 0.2) is 11.6 Å². The Morgan fingerprint density at radius 1 is 1.55 bits per heavy atom. The molecule has 0 bridgehead atoms. The summed E-state index contributed by atoms with van der Waals surface area (Å²) in [6.07, 6.45) is 1.67. The van der Waals surface area contributed by atoms with Gasteiger partial charge < -0.3 is 10.1 Å². The van der Waals surface area contributed by atoms with Crippen LogP contribution in [0.25, 0.3) is 10.7 Å². The van der Waals surface area contributed by atoms with Crippen molar-refractivity contribution in [3.8, 4) is 10.7 Å². The molecule has 0 radical (unpaired) electrons. The summed E-state index contributed by atoms with van der Waals surface area (Å²) in [6.45, 7) is 6.09. The lowest BCUT2D eigenvalue weighted by atomic mass is 10.4. The maximum atomic E-state index is 11.8. The molecule has 0 fully saturated rings. The van der Waals surface area contributed by atoms with Gasteiger partial charge >= 0.3 is 5.97 Å². The number of rotatable bonds is 6. The lowest BCUT2D eigenvalue weighted by Gasteiger charge is -2.08. The summed E-state index contributed by atoms with van der Waals surface area (Å²) in [7, 11) is 0. The second kappa shape index (κ2) is 6.76. The maximum Gasteiger partial charge on any atom is 0.362 e. The van der Waals surface area contributed by atoms with Crippen LogP contribution in [0.3, 0.4) is 0 Å². The van der Waals surface area contributed by atoms with Crippen LogP contribution in [-0.2, 0) is 4.74 Å². The molecule has 0 amide bonds. The molecule has 104 valence electrons. The number of hydrogen-bond donors (Lipinski definition) is 1. The van der Waals surface area contributed by atoms with E-state index in [4.69, 9.17) is 4.74 Å². The number of hydrogen-bond acceptors (Lipinski definition) is 7. The molecule has 2 rings (SSSR count). The van der Waals surface area contributed by atoms with E-state index < -0.39 is 5.97 Å². The molecule has 0 saturated carbocycles. The van der Waals surface area contributed by atoms with Crippen molar-refractivity contribution in [3.63, 3.8) is 0 Å². The Balaban J connectivity index is 2.36. The molecule has 0 spiro atoms. The molecule has 2 aromatic rings. The minimum atomic E-state index is -0.545. The second-order valence-electron chi connectivity index (χ2n) is 3.70. The van der Waals surface area contributed by atoms with Crippen molar-refractivity contribution in [2.75, 3.05) is 18.5 Å². The SMILES string of the molecule is C=CCNc1nc(-c2cccs2)nnc1C(=O)OCC. The van der Waals surface area contributed by atoms with Crippen LogP contribution in [0.4, 0.5) is 5.82 Å². The fourth-order valence-corrected chi connectivity index (χ4v) is 2.12. The molecule has 20 heavy (non-hydrogen) atoms. The zero-order valence-electron chi connectivity index (χ0n) is 11.0. The van der Waals surface area contributed by atoms with Crippen molar-refractivity contribution in [3.05, 3.63) is 35.9 Å². The zero-order chi connectivity index (χ0) is 14.4. The fraction of sp³-hybridized carbons (Fsp3) is 0.231. The molecule has 6 nitrogen and oxygen atoms in total. The van der Waals surface area contributed by atoms with Crippen molar-refractivity contribution >= 4 is 23.1 Å². The number of aromatic nitrogens is 3. The number of carbonyl (C=O) groups excluding carboxylic acids is 1. The molecule has 0 aliphatic heterocycles. The Bertz CT molecular complexity index is 598. The first kappa shape index (κ1) is 14.1. The van der Waals surface area contributed by atoms with Crippen LogP contribution < -0.4 is 5.32 Å². The highest BCUT2D eigenvalue weighted by molar-refractivity contribution is 7.13. The molecular weight excluding hydrogens is 276 g/mol. The van der Waals surface area contributed by atoms with Gasteiger partial charge in [-0.3, -0.25) is 0 Å². The third kappa shape index (κ3) is 3.18. The van der Waals surface area contributed by atoms with Crippen molar-refractivity contribution in [2.24, 2.45) is 0 Å². The third-order valence-electron chi connectivity index (χ3n) is 2.31. The van der Waals surface area contributed by atoms with E-state index in [0.717, 1.165) is 4.88 Å². The van der Waals surface area contributed by atoms with Gasteiger partial charge in [0.25, 0.3) is 0 Å². The highest BCUT2D eigenvalue weighted by Crippen LogP contribution is 2.22. The topological polar surface area (TPSA) is 77.0 Å². The van der Waals surface area contributed by atoms with E-state index in [0.29, 0.717) is 18.2 Å². The van der Waals surface area contributed by atoms with E-state index in [1.54, 1.807) is 13.0 Å². The van der Waals surface area contributed by atoms with Crippen LogP contribution in [0.2, 0.25) is 0 Å². The number of esters is 1. The van der Waals surface area contributed by atoms with Crippen LogP contribution in [-0.4, -0.2) is 34.3 Å². The molecule has 1 N–H and O–H groups in total. The Morgan fingerprint density at radius 3 is 3.05 bits per heavy atom. The molecule has 7 heteroatoms. The lowest BCUT2D eigenvalue weighted by Crippen LogP contribution is -2.15. The number of anilines is 1. The highest BCUT2D eigenvalue weighted by Gasteiger charge is 2.18. The van der Waals surface area contributed by atoms with Gasteiger partial charge in [-0.1, -0.05) is 12.1 Å². The smallest absolute Gasteiger partial charge is 0.362 e. The summed E-state index contributed by atoms with van der Waals surface area (Å²) in [5.74, 6) is 0.276. The average Bonchev–Trinajstić information content (AvgIpc) is 2.99. The molecule has 0 aliphatic carbocycles. The number of ether oxygens (including phenoxy) is 1. The molecule has 0 aromatic carbocycles. The molecule has 2 aromatic heterocycles. The number of nitrogens with one attached hydrogen (secondary N) is 1. The number of nitrogens with zero attached hydrogens (tertiary/aromatic N) is 3. The molecule has 0 aliphatic rings. The normalized spacial score (nSPS) is 10.1. The van der Waals surface area contributed by atoms with Crippen LogP contribution >= 0.6 is 11.3 Å². The summed E-state index contributed by atoms with van der Waals surface area (Å²) in [6, 6.07) is 3.79. The Kier molecular flexibility index (Phi) is 4.78. The monoisotopic (exact) mass is 290 g/mol. The van der Waals surface area contributed by atoms with Crippen molar-refractivity contribution < 1.29 is 9.53 Å². The first-order chi connectivity index (χ1) is 9.76. The third-order valence-corrected chi connectivity index (χ3v) is 3.18. The highest BCUT2D eigenvalue weighted by atomic mass is 32.1.